The minimum atomic E-state index is 0.420. The van der Waals surface area contributed by atoms with Gasteiger partial charge in [0.1, 0.15) is 5.75 Å². The molecule has 0 saturated heterocycles. The number of aromatic hydroxyl groups is 1. The van der Waals surface area contributed by atoms with Gasteiger partial charge in [-0.2, -0.15) is 0 Å². The summed E-state index contributed by atoms with van der Waals surface area (Å²) in [7, 11) is 2.31. The van der Waals surface area contributed by atoms with Crippen molar-refractivity contribution in [2.75, 3.05) is 7.05 Å². The van der Waals surface area contributed by atoms with E-state index in [1.165, 1.54) is 62.5 Å². The van der Waals surface area contributed by atoms with Gasteiger partial charge in [-0.1, -0.05) is 19.4 Å². The van der Waals surface area contributed by atoms with E-state index in [0.29, 0.717) is 11.8 Å². The third-order valence-electron chi connectivity index (χ3n) is 5.87. The highest BCUT2D eigenvalue weighted by Gasteiger charge is 2.30. The van der Waals surface area contributed by atoms with Crippen molar-refractivity contribution in [1.82, 2.24) is 4.90 Å². The van der Waals surface area contributed by atoms with Gasteiger partial charge in [0.05, 0.1) is 0 Å². The molecule has 1 saturated carbocycles. The fourth-order valence-electron chi connectivity index (χ4n) is 4.40. The van der Waals surface area contributed by atoms with E-state index >= 15 is 0 Å². The molecule has 2 aliphatic rings. The first-order chi connectivity index (χ1) is 10.2. The predicted molar refractivity (Wildman–Crippen MR) is 87.6 cm³/mol. The molecule has 0 spiro atoms. The summed E-state index contributed by atoms with van der Waals surface area (Å²) in [6.45, 7) is 2.33. The lowest BCUT2D eigenvalue weighted by Crippen LogP contribution is -2.39. The highest BCUT2D eigenvalue weighted by atomic mass is 16.3. The van der Waals surface area contributed by atoms with Crippen LogP contribution in [0.4, 0.5) is 0 Å². The number of phenols is 1. The zero-order chi connectivity index (χ0) is 14.8. The van der Waals surface area contributed by atoms with Gasteiger partial charge in [0.15, 0.2) is 0 Å². The van der Waals surface area contributed by atoms with E-state index in [0.717, 1.165) is 12.0 Å². The van der Waals surface area contributed by atoms with Crippen molar-refractivity contribution in [3.63, 3.8) is 0 Å². The molecular weight excluding hydrogens is 258 g/mol. The second kappa shape index (κ2) is 6.39. The fraction of sp³-hybridized carbons (Fsp3) is 0.684. The van der Waals surface area contributed by atoms with E-state index in [1.807, 2.05) is 12.1 Å². The molecule has 1 N–H and O–H groups in total. The highest BCUT2D eigenvalue weighted by molar-refractivity contribution is 5.38. The third-order valence-corrected chi connectivity index (χ3v) is 5.87. The molecule has 0 aromatic heterocycles. The molecule has 1 fully saturated rings. The molecule has 0 aliphatic heterocycles. The second-order valence-corrected chi connectivity index (χ2v) is 7.04. The van der Waals surface area contributed by atoms with Crippen LogP contribution in [-0.4, -0.2) is 23.1 Å². The van der Waals surface area contributed by atoms with Crippen molar-refractivity contribution in [3.8, 4) is 5.75 Å². The monoisotopic (exact) mass is 287 g/mol. The number of rotatable bonds is 3. The summed E-state index contributed by atoms with van der Waals surface area (Å²) >= 11 is 0. The molecule has 2 heteroatoms. The number of hydrogen-bond acceptors (Lipinski definition) is 2. The summed E-state index contributed by atoms with van der Waals surface area (Å²) in [6, 6.07) is 7.20. The van der Waals surface area contributed by atoms with Crippen molar-refractivity contribution >= 4 is 0 Å². The Morgan fingerprint density at radius 3 is 2.62 bits per heavy atom. The summed E-state index contributed by atoms with van der Waals surface area (Å²) in [5, 5.41) is 9.85. The Bertz CT molecular complexity index is 476. The van der Waals surface area contributed by atoms with Crippen LogP contribution in [0.2, 0.25) is 0 Å². The molecule has 1 aromatic rings. The first kappa shape index (κ1) is 14.9. The van der Waals surface area contributed by atoms with E-state index in [2.05, 4.69) is 24.9 Å². The average Bonchev–Trinajstić information content (AvgIpc) is 2.53. The molecule has 116 valence electrons. The van der Waals surface area contributed by atoms with E-state index in [-0.39, 0.29) is 0 Å². The Hall–Kier alpha value is -1.02. The van der Waals surface area contributed by atoms with Crippen molar-refractivity contribution < 1.29 is 5.11 Å². The lowest BCUT2D eigenvalue weighted by molar-refractivity contribution is 0.109. The zero-order valence-electron chi connectivity index (χ0n) is 13.5. The minimum absolute atomic E-state index is 0.420. The maximum absolute atomic E-state index is 9.85. The molecule has 0 heterocycles. The van der Waals surface area contributed by atoms with Gasteiger partial charge < -0.3 is 5.11 Å². The van der Waals surface area contributed by atoms with Gasteiger partial charge in [0.2, 0.25) is 0 Å². The minimum Gasteiger partial charge on any atom is -0.508 e. The molecule has 21 heavy (non-hydrogen) atoms. The van der Waals surface area contributed by atoms with Crippen LogP contribution in [0, 0.1) is 5.92 Å². The molecule has 3 rings (SSSR count). The molecule has 0 radical (unpaired) electrons. The maximum atomic E-state index is 9.85. The van der Waals surface area contributed by atoms with Crippen LogP contribution in [-0.2, 0) is 6.42 Å². The Balaban J connectivity index is 1.74. The smallest absolute Gasteiger partial charge is 0.115 e. The van der Waals surface area contributed by atoms with Gasteiger partial charge >= 0.3 is 0 Å². The molecule has 2 nitrogen and oxygen atoms in total. The van der Waals surface area contributed by atoms with Gasteiger partial charge in [-0.3, -0.25) is 4.90 Å². The molecule has 1 aromatic carbocycles. The summed E-state index contributed by atoms with van der Waals surface area (Å²) < 4.78 is 0. The Morgan fingerprint density at radius 2 is 1.90 bits per heavy atom. The summed E-state index contributed by atoms with van der Waals surface area (Å²) in [6.07, 6.45) is 10.5. The van der Waals surface area contributed by atoms with Crippen LogP contribution in [0.1, 0.15) is 69.0 Å². The molecule has 0 amide bonds. The van der Waals surface area contributed by atoms with Crippen molar-refractivity contribution in [2.24, 2.45) is 5.92 Å². The van der Waals surface area contributed by atoms with Crippen molar-refractivity contribution in [1.29, 1.82) is 0 Å². The van der Waals surface area contributed by atoms with Crippen LogP contribution in [0.5, 0.6) is 5.75 Å². The molecular formula is C19H29NO. The lowest BCUT2D eigenvalue weighted by Gasteiger charge is -2.41. The molecule has 0 bridgehead atoms. The standard InChI is InChI=1S/C19H29NO/c1-3-14-7-10-16(11-8-14)20(2)19-6-4-5-15-9-12-17(21)13-18(15)19/h9,12-14,16,19,21H,3-8,10-11H2,1-2H3. The molecule has 1 atom stereocenters. The first-order valence-electron chi connectivity index (χ1n) is 8.72. The lowest BCUT2D eigenvalue weighted by atomic mass is 9.81. The van der Waals surface area contributed by atoms with Crippen LogP contribution >= 0.6 is 0 Å². The molecule has 1 unspecified atom stereocenters. The quantitative estimate of drug-likeness (QED) is 0.873. The Labute approximate surface area is 129 Å². The van der Waals surface area contributed by atoms with Gasteiger partial charge in [0.25, 0.3) is 0 Å². The topological polar surface area (TPSA) is 23.5 Å². The third kappa shape index (κ3) is 3.11. The highest BCUT2D eigenvalue weighted by Crippen LogP contribution is 2.39. The SMILES string of the molecule is CCC1CCC(N(C)C2CCCc3ccc(O)cc32)CC1. The van der Waals surface area contributed by atoms with Gasteiger partial charge in [-0.05, 0) is 81.2 Å². The van der Waals surface area contributed by atoms with Crippen LogP contribution in [0.25, 0.3) is 0 Å². The van der Waals surface area contributed by atoms with E-state index in [4.69, 9.17) is 0 Å². The van der Waals surface area contributed by atoms with Gasteiger partial charge in [0, 0.05) is 12.1 Å². The summed E-state index contributed by atoms with van der Waals surface area (Å²) in [5.74, 6) is 1.38. The fourth-order valence-corrected chi connectivity index (χ4v) is 4.40. The number of nitrogens with zero attached hydrogens (tertiary/aromatic N) is 1. The summed E-state index contributed by atoms with van der Waals surface area (Å²) in [5.41, 5.74) is 2.82. The van der Waals surface area contributed by atoms with Gasteiger partial charge in [-0.15, -0.1) is 0 Å². The maximum Gasteiger partial charge on any atom is 0.115 e. The van der Waals surface area contributed by atoms with E-state index in [9.17, 15) is 5.11 Å². The number of fused-ring (bicyclic) bond motifs is 1. The van der Waals surface area contributed by atoms with Crippen molar-refractivity contribution in [3.05, 3.63) is 29.3 Å². The number of phenolic OH excluding ortho intramolecular Hbond substituents is 1. The Kier molecular flexibility index (Phi) is 4.54. The average molecular weight is 287 g/mol. The number of benzene rings is 1. The summed E-state index contributed by atoms with van der Waals surface area (Å²) in [4.78, 5) is 2.61. The van der Waals surface area contributed by atoms with Gasteiger partial charge in [-0.25, -0.2) is 0 Å². The molecule has 2 aliphatic carbocycles. The van der Waals surface area contributed by atoms with E-state index in [1.54, 1.807) is 0 Å². The number of hydrogen-bond donors (Lipinski definition) is 1. The largest absolute Gasteiger partial charge is 0.508 e. The van der Waals surface area contributed by atoms with Crippen LogP contribution in [0.3, 0.4) is 0 Å². The first-order valence-corrected chi connectivity index (χ1v) is 8.72. The Morgan fingerprint density at radius 1 is 1.14 bits per heavy atom. The normalized spacial score (nSPS) is 29.4. The van der Waals surface area contributed by atoms with Crippen molar-refractivity contribution in [2.45, 2.75) is 70.4 Å². The van der Waals surface area contributed by atoms with E-state index < -0.39 is 0 Å². The van der Waals surface area contributed by atoms with Crippen LogP contribution < -0.4 is 0 Å². The zero-order valence-corrected chi connectivity index (χ0v) is 13.5. The predicted octanol–water partition coefficient (Wildman–Crippen LogP) is 4.67. The second-order valence-electron chi connectivity index (χ2n) is 7.04. The number of aryl methyl sites for hydroxylation is 1. The van der Waals surface area contributed by atoms with Crippen LogP contribution in [0.15, 0.2) is 18.2 Å².